The zero-order chi connectivity index (χ0) is 21.6. The lowest BCUT2D eigenvalue weighted by atomic mass is 10.1. The van der Waals surface area contributed by atoms with Gasteiger partial charge in [0.15, 0.2) is 0 Å². The summed E-state index contributed by atoms with van der Waals surface area (Å²) in [4.78, 5) is 36.3. The van der Waals surface area contributed by atoms with Crippen molar-refractivity contribution in [3.8, 4) is 0 Å². The molecule has 0 aliphatic heterocycles. The number of amides is 2. The Morgan fingerprint density at radius 1 is 1.10 bits per heavy atom. The van der Waals surface area contributed by atoms with Gasteiger partial charge < -0.3 is 10.2 Å². The number of halogens is 3. The Bertz CT molecular complexity index is 916. The average molecular weight is 409 g/mol. The molecule has 0 aliphatic carbocycles. The molecule has 0 radical (unpaired) electrons. The van der Waals surface area contributed by atoms with E-state index < -0.39 is 40.7 Å². The zero-order valence-corrected chi connectivity index (χ0v) is 15.4. The van der Waals surface area contributed by atoms with Crippen LogP contribution in [0.5, 0.6) is 0 Å². The standard InChI is InChI=1S/C19H18F3N3O4/c1-2-24(18(27)11-13-7-3-6-10-16(13)25(28)29)12-17(26)23-15-9-5-4-8-14(15)19(20,21)22/h3-10H,2,11-12H2,1H3,(H,23,26). The van der Waals surface area contributed by atoms with Gasteiger partial charge in [0.2, 0.25) is 11.8 Å². The molecular formula is C19H18F3N3O4. The lowest BCUT2D eigenvalue weighted by Crippen LogP contribution is -2.39. The molecule has 2 aromatic carbocycles. The van der Waals surface area contributed by atoms with Crippen LogP contribution in [0.15, 0.2) is 48.5 Å². The first-order valence-electron chi connectivity index (χ1n) is 8.59. The van der Waals surface area contributed by atoms with Gasteiger partial charge in [0.25, 0.3) is 5.69 Å². The lowest BCUT2D eigenvalue weighted by Gasteiger charge is -2.21. The summed E-state index contributed by atoms with van der Waals surface area (Å²) >= 11 is 0. The van der Waals surface area contributed by atoms with Crippen molar-refractivity contribution in [2.24, 2.45) is 0 Å². The molecule has 0 saturated heterocycles. The summed E-state index contributed by atoms with van der Waals surface area (Å²) in [6.07, 6.45) is -4.95. The number of nitro groups is 1. The van der Waals surface area contributed by atoms with Crippen LogP contribution in [0.2, 0.25) is 0 Å². The van der Waals surface area contributed by atoms with E-state index in [1.54, 1.807) is 13.0 Å². The van der Waals surface area contributed by atoms with E-state index in [9.17, 15) is 32.9 Å². The maximum atomic E-state index is 13.0. The molecule has 0 saturated carbocycles. The number of carbonyl (C=O) groups excluding carboxylic acids is 2. The predicted octanol–water partition coefficient (Wildman–Crippen LogP) is 3.64. The van der Waals surface area contributed by atoms with E-state index in [1.807, 2.05) is 0 Å². The number of hydrogen-bond donors (Lipinski definition) is 1. The maximum absolute atomic E-state index is 13.0. The van der Waals surface area contributed by atoms with E-state index in [0.29, 0.717) is 0 Å². The Morgan fingerprint density at radius 3 is 2.34 bits per heavy atom. The quantitative estimate of drug-likeness (QED) is 0.558. The van der Waals surface area contributed by atoms with Gasteiger partial charge >= 0.3 is 6.18 Å². The topological polar surface area (TPSA) is 92.6 Å². The van der Waals surface area contributed by atoms with Crippen molar-refractivity contribution in [2.45, 2.75) is 19.5 Å². The van der Waals surface area contributed by atoms with Gasteiger partial charge in [0.1, 0.15) is 0 Å². The van der Waals surface area contributed by atoms with Gasteiger partial charge in [-0.3, -0.25) is 19.7 Å². The van der Waals surface area contributed by atoms with E-state index in [2.05, 4.69) is 5.32 Å². The number of carbonyl (C=O) groups is 2. The normalized spacial score (nSPS) is 11.0. The molecule has 154 valence electrons. The van der Waals surface area contributed by atoms with E-state index in [4.69, 9.17) is 0 Å². The predicted molar refractivity (Wildman–Crippen MR) is 99.1 cm³/mol. The van der Waals surface area contributed by atoms with Crippen LogP contribution in [0.3, 0.4) is 0 Å². The smallest absolute Gasteiger partial charge is 0.333 e. The maximum Gasteiger partial charge on any atom is 0.418 e. The number of nitrogens with one attached hydrogen (secondary N) is 1. The molecule has 0 spiro atoms. The van der Waals surface area contributed by atoms with Gasteiger partial charge in [-0.15, -0.1) is 0 Å². The Morgan fingerprint density at radius 2 is 1.72 bits per heavy atom. The molecule has 0 unspecified atom stereocenters. The van der Waals surface area contributed by atoms with Crippen molar-refractivity contribution in [3.05, 3.63) is 69.8 Å². The third kappa shape index (κ3) is 5.77. The van der Waals surface area contributed by atoms with Crippen molar-refractivity contribution < 1.29 is 27.7 Å². The molecule has 1 N–H and O–H groups in total. The Kier molecular flexibility index (Phi) is 6.92. The molecular weight excluding hydrogens is 391 g/mol. The first kappa shape index (κ1) is 21.9. The number of anilines is 1. The van der Waals surface area contributed by atoms with Crippen LogP contribution in [0, 0.1) is 10.1 Å². The molecule has 0 fully saturated rings. The third-order valence-electron chi connectivity index (χ3n) is 4.11. The van der Waals surface area contributed by atoms with Crippen LogP contribution >= 0.6 is 0 Å². The van der Waals surface area contributed by atoms with Crippen LogP contribution in [-0.4, -0.2) is 34.7 Å². The summed E-state index contributed by atoms with van der Waals surface area (Å²) < 4.78 is 39.1. The molecule has 2 rings (SSSR count). The molecule has 2 amide bonds. The van der Waals surface area contributed by atoms with Gasteiger partial charge in [-0.1, -0.05) is 30.3 Å². The number of para-hydroxylation sites is 2. The summed E-state index contributed by atoms with van der Waals surface area (Å²) in [7, 11) is 0. The highest BCUT2D eigenvalue weighted by molar-refractivity contribution is 5.95. The largest absolute Gasteiger partial charge is 0.418 e. The van der Waals surface area contributed by atoms with E-state index in [0.717, 1.165) is 17.0 Å². The van der Waals surface area contributed by atoms with Crippen LogP contribution in [0.25, 0.3) is 0 Å². The first-order valence-corrected chi connectivity index (χ1v) is 8.59. The van der Waals surface area contributed by atoms with Crippen molar-refractivity contribution in [1.82, 2.24) is 4.90 Å². The SMILES string of the molecule is CCN(CC(=O)Nc1ccccc1C(F)(F)F)C(=O)Cc1ccccc1[N+](=O)[O-]. The van der Waals surface area contributed by atoms with Crippen molar-refractivity contribution in [2.75, 3.05) is 18.4 Å². The zero-order valence-electron chi connectivity index (χ0n) is 15.4. The molecule has 0 bridgehead atoms. The second kappa shape index (κ2) is 9.18. The number of rotatable bonds is 7. The number of alkyl halides is 3. The molecule has 0 heterocycles. The van der Waals surface area contributed by atoms with Crippen molar-refractivity contribution >= 4 is 23.2 Å². The van der Waals surface area contributed by atoms with Gasteiger partial charge in [0, 0.05) is 18.2 Å². The van der Waals surface area contributed by atoms with E-state index in [-0.39, 0.29) is 24.2 Å². The second-order valence-corrected chi connectivity index (χ2v) is 6.06. The fraction of sp³-hybridized carbons (Fsp3) is 0.263. The minimum Gasteiger partial charge on any atom is -0.333 e. The summed E-state index contributed by atoms with van der Waals surface area (Å²) in [6, 6.07) is 10.2. The number of benzene rings is 2. The number of hydrogen-bond acceptors (Lipinski definition) is 4. The summed E-state index contributed by atoms with van der Waals surface area (Å²) in [6.45, 7) is 1.21. The van der Waals surface area contributed by atoms with Crippen LogP contribution in [-0.2, 0) is 22.2 Å². The molecule has 7 nitrogen and oxygen atoms in total. The molecule has 0 aliphatic rings. The van der Waals surface area contributed by atoms with Gasteiger partial charge in [-0.2, -0.15) is 13.2 Å². The lowest BCUT2D eigenvalue weighted by molar-refractivity contribution is -0.385. The van der Waals surface area contributed by atoms with Gasteiger partial charge in [-0.25, -0.2) is 0 Å². The molecule has 29 heavy (non-hydrogen) atoms. The monoisotopic (exact) mass is 409 g/mol. The number of nitro benzene ring substituents is 1. The van der Waals surface area contributed by atoms with Crippen LogP contribution in [0.4, 0.5) is 24.5 Å². The summed E-state index contributed by atoms with van der Waals surface area (Å²) in [5.41, 5.74) is -1.45. The fourth-order valence-electron chi connectivity index (χ4n) is 2.69. The van der Waals surface area contributed by atoms with Gasteiger partial charge in [0.05, 0.1) is 29.1 Å². The molecule has 0 atom stereocenters. The molecule has 10 heteroatoms. The fourth-order valence-corrected chi connectivity index (χ4v) is 2.69. The molecule has 0 aromatic heterocycles. The third-order valence-corrected chi connectivity index (χ3v) is 4.11. The summed E-state index contributed by atoms with van der Waals surface area (Å²) in [5, 5.41) is 13.2. The highest BCUT2D eigenvalue weighted by Gasteiger charge is 2.33. The Labute approximate surface area is 164 Å². The highest BCUT2D eigenvalue weighted by Crippen LogP contribution is 2.34. The minimum absolute atomic E-state index is 0.105. The Balaban J connectivity index is 2.09. The van der Waals surface area contributed by atoms with Gasteiger partial charge in [-0.05, 0) is 19.1 Å². The summed E-state index contributed by atoms with van der Waals surface area (Å²) in [5.74, 6) is -1.36. The highest BCUT2D eigenvalue weighted by atomic mass is 19.4. The van der Waals surface area contributed by atoms with E-state index in [1.165, 1.54) is 30.3 Å². The van der Waals surface area contributed by atoms with E-state index >= 15 is 0 Å². The number of likely N-dealkylation sites (N-methyl/N-ethyl adjacent to an activating group) is 1. The average Bonchev–Trinajstić information content (AvgIpc) is 2.65. The minimum atomic E-state index is -4.64. The van der Waals surface area contributed by atoms with Crippen molar-refractivity contribution in [3.63, 3.8) is 0 Å². The Hall–Kier alpha value is -3.43. The van der Waals surface area contributed by atoms with Crippen molar-refractivity contribution in [1.29, 1.82) is 0 Å². The van der Waals surface area contributed by atoms with Crippen LogP contribution < -0.4 is 5.32 Å². The second-order valence-electron chi connectivity index (χ2n) is 6.06. The van der Waals surface area contributed by atoms with Crippen LogP contribution in [0.1, 0.15) is 18.1 Å². The molecule has 2 aromatic rings. The first-order chi connectivity index (χ1) is 13.6. The number of nitrogens with zero attached hydrogens (tertiary/aromatic N) is 2.